The minimum Gasteiger partial charge on any atom is -0.304 e. The van der Waals surface area contributed by atoms with Crippen molar-refractivity contribution < 1.29 is 0 Å². The Balaban J connectivity index is 2.16. The van der Waals surface area contributed by atoms with Crippen molar-refractivity contribution in [3.63, 3.8) is 0 Å². The summed E-state index contributed by atoms with van der Waals surface area (Å²) in [5.74, 6) is 1.78. The lowest BCUT2D eigenvalue weighted by Crippen LogP contribution is -2.28. The number of rotatable bonds is 7. The van der Waals surface area contributed by atoms with E-state index in [-0.39, 0.29) is 0 Å². The summed E-state index contributed by atoms with van der Waals surface area (Å²) in [4.78, 5) is 5.20. The fraction of sp³-hybridized carbons (Fsp3) is 1.00. The first kappa shape index (κ1) is 14.0. The van der Waals surface area contributed by atoms with Gasteiger partial charge in [0.25, 0.3) is 0 Å². The monoisotopic (exact) mass is 226 g/mol. The Hall–Kier alpha value is -0.0800. The Morgan fingerprint density at radius 2 is 1.94 bits per heavy atom. The third-order valence-electron chi connectivity index (χ3n) is 3.74. The zero-order valence-electron chi connectivity index (χ0n) is 11.7. The van der Waals surface area contributed by atoms with Crippen LogP contribution in [-0.4, -0.2) is 49.1 Å². The highest BCUT2D eigenvalue weighted by molar-refractivity contribution is 4.77. The molecule has 1 saturated heterocycles. The van der Waals surface area contributed by atoms with Crippen LogP contribution < -0.4 is 0 Å². The molecule has 0 aromatic heterocycles. The van der Waals surface area contributed by atoms with E-state index in [4.69, 9.17) is 0 Å². The van der Waals surface area contributed by atoms with E-state index in [1.165, 1.54) is 52.1 Å². The van der Waals surface area contributed by atoms with Gasteiger partial charge in [0.05, 0.1) is 0 Å². The van der Waals surface area contributed by atoms with Crippen molar-refractivity contribution in [1.82, 2.24) is 9.80 Å². The Morgan fingerprint density at radius 3 is 2.50 bits per heavy atom. The minimum atomic E-state index is 0.821. The second kappa shape index (κ2) is 7.29. The molecule has 1 aliphatic rings. The van der Waals surface area contributed by atoms with E-state index in [1.54, 1.807) is 0 Å². The van der Waals surface area contributed by atoms with Gasteiger partial charge in [0.2, 0.25) is 0 Å². The summed E-state index contributed by atoms with van der Waals surface area (Å²) in [6.07, 6.45) is 2.82. The molecule has 0 saturated carbocycles. The van der Waals surface area contributed by atoms with Gasteiger partial charge in [-0.3, -0.25) is 0 Å². The third kappa shape index (κ3) is 4.84. The van der Waals surface area contributed by atoms with Crippen molar-refractivity contribution in [3.8, 4) is 0 Å². The number of hydrogen-bond acceptors (Lipinski definition) is 2. The molecule has 96 valence electrons. The second-order valence-corrected chi connectivity index (χ2v) is 5.62. The summed E-state index contributed by atoms with van der Waals surface area (Å²) in [5, 5.41) is 0. The molecule has 0 aromatic rings. The van der Waals surface area contributed by atoms with Crippen LogP contribution in [0.15, 0.2) is 0 Å². The van der Waals surface area contributed by atoms with Gasteiger partial charge in [-0.15, -0.1) is 0 Å². The van der Waals surface area contributed by atoms with Crippen LogP contribution in [0.5, 0.6) is 0 Å². The van der Waals surface area contributed by atoms with E-state index >= 15 is 0 Å². The summed E-state index contributed by atoms with van der Waals surface area (Å²) in [5.41, 5.74) is 0. The van der Waals surface area contributed by atoms with Crippen LogP contribution in [-0.2, 0) is 0 Å². The minimum absolute atomic E-state index is 0.821. The van der Waals surface area contributed by atoms with Crippen molar-refractivity contribution in [1.29, 1.82) is 0 Å². The summed E-state index contributed by atoms with van der Waals surface area (Å²) in [6, 6.07) is 0. The lowest BCUT2D eigenvalue weighted by molar-refractivity contribution is 0.258. The maximum atomic E-state index is 2.65. The van der Waals surface area contributed by atoms with Crippen LogP contribution in [0.3, 0.4) is 0 Å². The molecular weight excluding hydrogens is 196 g/mol. The molecule has 0 radical (unpaired) electrons. The number of nitrogens with zero attached hydrogens (tertiary/aromatic N) is 2. The van der Waals surface area contributed by atoms with Crippen LogP contribution in [0, 0.1) is 11.8 Å². The van der Waals surface area contributed by atoms with Crippen molar-refractivity contribution in [2.45, 2.75) is 40.5 Å². The third-order valence-corrected chi connectivity index (χ3v) is 3.74. The molecule has 0 spiro atoms. The molecule has 1 fully saturated rings. The van der Waals surface area contributed by atoms with Gasteiger partial charge in [-0.05, 0) is 50.9 Å². The predicted molar refractivity (Wildman–Crippen MR) is 71.8 cm³/mol. The van der Waals surface area contributed by atoms with Crippen molar-refractivity contribution in [2.75, 3.05) is 39.3 Å². The Kier molecular flexibility index (Phi) is 6.37. The highest BCUT2D eigenvalue weighted by Gasteiger charge is 2.22. The summed E-state index contributed by atoms with van der Waals surface area (Å²) in [6.45, 7) is 16.9. The highest BCUT2D eigenvalue weighted by Crippen LogP contribution is 2.20. The average Bonchev–Trinajstić information content (AvgIpc) is 2.66. The van der Waals surface area contributed by atoms with Gasteiger partial charge in [-0.25, -0.2) is 0 Å². The zero-order valence-corrected chi connectivity index (χ0v) is 11.7. The molecule has 1 aliphatic heterocycles. The van der Waals surface area contributed by atoms with E-state index in [0.29, 0.717) is 0 Å². The van der Waals surface area contributed by atoms with Crippen LogP contribution in [0.25, 0.3) is 0 Å². The molecule has 1 rings (SSSR count). The Bertz CT molecular complexity index is 176. The molecule has 0 aromatic carbocycles. The Morgan fingerprint density at radius 1 is 1.25 bits per heavy atom. The normalized spacial score (nSPS) is 22.5. The van der Waals surface area contributed by atoms with Crippen LogP contribution in [0.4, 0.5) is 0 Å². The molecule has 0 N–H and O–H groups in total. The lowest BCUT2D eigenvalue weighted by Gasteiger charge is -2.21. The molecule has 0 unspecified atom stereocenters. The van der Waals surface area contributed by atoms with Gasteiger partial charge >= 0.3 is 0 Å². The quantitative estimate of drug-likeness (QED) is 0.658. The highest BCUT2D eigenvalue weighted by atomic mass is 15.2. The van der Waals surface area contributed by atoms with Gasteiger partial charge in [0.15, 0.2) is 0 Å². The van der Waals surface area contributed by atoms with Crippen molar-refractivity contribution in [3.05, 3.63) is 0 Å². The topological polar surface area (TPSA) is 6.48 Å². The maximum Gasteiger partial charge on any atom is 0.00107 e. The largest absolute Gasteiger partial charge is 0.304 e. The SMILES string of the molecule is CCN(CC)CC[C@H]1CCN(CC(C)C)C1. The van der Waals surface area contributed by atoms with E-state index in [2.05, 4.69) is 37.5 Å². The summed E-state index contributed by atoms with van der Waals surface area (Å²) >= 11 is 0. The van der Waals surface area contributed by atoms with Gasteiger partial charge in [0.1, 0.15) is 0 Å². The zero-order chi connectivity index (χ0) is 12.0. The van der Waals surface area contributed by atoms with E-state index in [1.807, 2.05) is 0 Å². The summed E-state index contributed by atoms with van der Waals surface area (Å²) in [7, 11) is 0. The van der Waals surface area contributed by atoms with Gasteiger partial charge < -0.3 is 9.80 Å². The smallest absolute Gasteiger partial charge is 0.00107 e. The molecule has 2 nitrogen and oxygen atoms in total. The second-order valence-electron chi connectivity index (χ2n) is 5.62. The first-order chi connectivity index (χ1) is 7.65. The van der Waals surface area contributed by atoms with Gasteiger partial charge in [0, 0.05) is 13.1 Å². The standard InChI is InChI=1S/C14H30N2/c1-5-15(6-2)9-7-14-8-10-16(12-14)11-13(3)4/h13-14H,5-12H2,1-4H3/t14-/m0/s1. The molecule has 16 heavy (non-hydrogen) atoms. The molecular formula is C14H30N2. The maximum absolute atomic E-state index is 2.65. The fourth-order valence-electron chi connectivity index (χ4n) is 2.74. The lowest BCUT2D eigenvalue weighted by atomic mass is 10.0. The van der Waals surface area contributed by atoms with Gasteiger partial charge in [-0.1, -0.05) is 27.7 Å². The van der Waals surface area contributed by atoms with E-state index in [9.17, 15) is 0 Å². The first-order valence-corrected chi connectivity index (χ1v) is 7.10. The Labute approximate surface area is 102 Å². The molecule has 2 heteroatoms. The van der Waals surface area contributed by atoms with Crippen molar-refractivity contribution >= 4 is 0 Å². The van der Waals surface area contributed by atoms with Crippen LogP contribution in [0.2, 0.25) is 0 Å². The predicted octanol–water partition coefficient (Wildman–Crippen LogP) is 2.70. The van der Waals surface area contributed by atoms with Crippen LogP contribution in [0.1, 0.15) is 40.5 Å². The molecule has 1 atom stereocenters. The van der Waals surface area contributed by atoms with Crippen molar-refractivity contribution in [2.24, 2.45) is 11.8 Å². The fourth-order valence-corrected chi connectivity index (χ4v) is 2.74. The molecule has 0 amide bonds. The van der Waals surface area contributed by atoms with E-state index < -0.39 is 0 Å². The first-order valence-electron chi connectivity index (χ1n) is 7.10. The number of likely N-dealkylation sites (tertiary alicyclic amines) is 1. The van der Waals surface area contributed by atoms with Crippen LogP contribution >= 0.6 is 0 Å². The van der Waals surface area contributed by atoms with E-state index in [0.717, 1.165) is 11.8 Å². The molecule has 0 aliphatic carbocycles. The summed E-state index contributed by atoms with van der Waals surface area (Å²) < 4.78 is 0. The number of hydrogen-bond donors (Lipinski definition) is 0. The molecule has 1 heterocycles. The molecule has 0 bridgehead atoms. The van der Waals surface area contributed by atoms with Gasteiger partial charge in [-0.2, -0.15) is 0 Å². The average molecular weight is 226 g/mol.